The van der Waals surface area contributed by atoms with E-state index in [9.17, 15) is 4.79 Å². The van der Waals surface area contributed by atoms with Crippen molar-refractivity contribution >= 4 is 5.78 Å². The molecule has 39 heavy (non-hydrogen) atoms. The Balaban J connectivity index is 2.61. The van der Waals surface area contributed by atoms with Crippen LogP contribution in [0.3, 0.4) is 0 Å². The highest BCUT2D eigenvalue weighted by molar-refractivity contribution is 5.87. The quantitative estimate of drug-likeness (QED) is 0.184. The Morgan fingerprint density at radius 1 is 0.590 bits per heavy atom. The molecule has 1 nitrogen and oxygen atoms in total. The van der Waals surface area contributed by atoms with E-state index in [1.165, 1.54) is 47.1 Å². The molecule has 0 aromatic carbocycles. The fourth-order valence-corrected chi connectivity index (χ4v) is 4.22. The minimum Gasteiger partial charge on any atom is -0.295 e. The van der Waals surface area contributed by atoms with Gasteiger partial charge in [0.2, 0.25) is 0 Å². The van der Waals surface area contributed by atoms with E-state index in [2.05, 4.69) is 127 Å². The third-order valence-electron chi connectivity index (χ3n) is 6.62. The topological polar surface area (TPSA) is 17.1 Å². The molecule has 0 saturated carbocycles. The molecule has 0 saturated heterocycles. The van der Waals surface area contributed by atoms with E-state index < -0.39 is 0 Å². The number of allylic oxidation sites excluding steroid dienone is 24. The zero-order chi connectivity index (χ0) is 29.3. The van der Waals surface area contributed by atoms with E-state index in [0.717, 1.165) is 11.1 Å². The molecule has 0 amide bonds. The first kappa shape index (κ1) is 33.6. The Bertz CT molecular complexity index is 1200. The summed E-state index contributed by atoms with van der Waals surface area (Å²) in [5.41, 5.74) is 9.17. The molecular weight excluding hydrogens is 472 g/mol. The molecule has 1 heteroatoms. The number of rotatable bonds is 12. The maximum atomic E-state index is 11.0. The molecule has 1 rings (SSSR count). The molecule has 0 aliphatic heterocycles. The minimum atomic E-state index is 0.0582. The molecule has 1 aliphatic rings. The zero-order valence-electron chi connectivity index (χ0n) is 25.8. The third kappa shape index (κ3) is 15.5. The van der Waals surface area contributed by atoms with Crippen molar-refractivity contribution in [2.75, 3.05) is 0 Å². The predicted octanol–water partition coefficient (Wildman–Crippen LogP) is 11.2. The lowest BCUT2D eigenvalue weighted by atomic mass is 9.72. The summed E-state index contributed by atoms with van der Waals surface area (Å²) < 4.78 is 0. The van der Waals surface area contributed by atoms with Crippen LogP contribution < -0.4 is 0 Å². The van der Waals surface area contributed by atoms with Gasteiger partial charge in [-0.15, -0.1) is 0 Å². The zero-order valence-corrected chi connectivity index (χ0v) is 25.8. The van der Waals surface area contributed by atoms with Crippen molar-refractivity contribution in [2.45, 2.75) is 81.6 Å². The molecule has 0 aromatic heterocycles. The van der Waals surface area contributed by atoms with Gasteiger partial charge in [-0.2, -0.15) is 0 Å². The lowest BCUT2D eigenvalue weighted by Crippen LogP contribution is -2.19. The first-order valence-electron chi connectivity index (χ1n) is 14.0. The predicted molar refractivity (Wildman–Crippen MR) is 175 cm³/mol. The van der Waals surface area contributed by atoms with Crippen LogP contribution in [0.1, 0.15) is 81.6 Å². The Hall–Kier alpha value is -3.45. The normalized spacial score (nSPS) is 18.9. The van der Waals surface area contributed by atoms with E-state index in [4.69, 9.17) is 0 Å². The molecule has 0 radical (unpaired) electrons. The Labute approximate surface area is 239 Å². The Morgan fingerprint density at radius 3 is 1.44 bits per heavy atom. The maximum absolute atomic E-state index is 11.0. The maximum Gasteiger partial charge on any atom is 0.152 e. The molecule has 0 spiro atoms. The minimum absolute atomic E-state index is 0.0582. The van der Waals surface area contributed by atoms with Crippen LogP contribution in [0, 0.1) is 5.41 Å². The molecule has 0 fully saturated rings. The summed E-state index contributed by atoms with van der Waals surface area (Å²) in [6.07, 6.45) is 38.9. The summed E-state index contributed by atoms with van der Waals surface area (Å²) in [6.45, 7) is 19.0. The van der Waals surface area contributed by atoms with E-state index in [-0.39, 0.29) is 11.2 Å². The Kier molecular flexibility index (Phi) is 15.5. The highest BCUT2D eigenvalue weighted by Gasteiger charge is 2.26. The average Bonchev–Trinajstić information content (AvgIpc) is 2.84. The summed E-state index contributed by atoms with van der Waals surface area (Å²) in [5.74, 6) is 0.0582. The van der Waals surface area contributed by atoms with Crippen LogP contribution in [-0.2, 0) is 4.79 Å². The standard InChI is InChI=1S/C38H50O/c1-30(18-12-20-32(3)21-14-22-33(4)25-27-36(7)39)16-10-11-17-31(2)19-13-23-34(5)26-28-37-35(6)24-15-29-38(37,8)9/h10-14,16-23,25-28H,15,24,29H2,1-9H3. The lowest BCUT2D eigenvalue weighted by molar-refractivity contribution is -0.112. The number of ketones is 1. The molecular formula is C38H50O. The molecule has 1 aliphatic carbocycles. The van der Waals surface area contributed by atoms with E-state index in [0.29, 0.717) is 0 Å². The van der Waals surface area contributed by atoms with Gasteiger partial charge in [0.15, 0.2) is 5.78 Å². The molecule has 0 atom stereocenters. The van der Waals surface area contributed by atoms with Crippen LogP contribution >= 0.6 is 0 Å². The highest BCUT2D eigenvalue weighted by Crippen LogP contribution is 2.40. The van der Waals surface area contributed by atoms with Gasteiger partial charge >= 0.3 is 0 Å². The van der Waals surface area contributed by atoms with Crippen molar-refractivity contribution in [2.24, 2.45) is 5.41 Å². The number of carbonyl (C=O) groups excluding carboxylic acids is 1. The summed E-state index contributed by atoms with van der Waals surface area (Å²) in [6, 6.07) is 0. The van der Waals surface area contributed by atoms with Gasteiger partial charge in [0, 0.05) is 0 Å². The second-order valence-corrected chi connectivity index (χ2v) is 11.2. The first-order valence-corrected chi connectivity index (χ1v) is 14.0. The van der Waals surface area contributed by atoms with E-state index in [1.54, 1.807) is 13.0 Å². The summed E-state index contributed by atoms with van der Waals surface area (Å²) in [4.78, 5) is 11.0. The van der Waals surface area contributed by atoms with Gasteiger partial charge in [0.1, 0.15) is 0 Å². The van der Waals surface area contributed by atoms with Crippen LogP contribution in [0.15, 0.2) is 142 Å². The van der Waals surface area contributed by atoms with Crippen molar-refractivity contribution < 1.29 is 4.79 Å². The Morgan fingerprint density at radius 2 is 1.00 bits per heavy atom. The van der Waals surface area contributed by atoms with Crippen LogP contribution in [0.25, 0.3) is 0 Å². The smallest absolute Gasteiger partial charge is 0.152 e. The monoisotopic (exact) mass is 522 g/mol. The third-order valence-corrected chi connectivity index (χ3v) is 6.62. The molecule has 0 heterocycles. The largest absolute Gasteiger partial charge is 0.295 e. The summed E-state index contributed by atoms with van der Waals surface area (Å²) in [5, 5.41) is 0. The van der Waals surface area contributed by atoms with Gasteiger partial charge in [0.25, 0.3) is 0 Å². The summed E-state index contributed by atoms with van der Waals surface area (Å²) >= 11 is 0. The van der Waals surface area contributed by atoms with Crippen molar-refractivity contribution in [3.8, 4) is 0 Å². The molecule has 0 aromatic rings. The van der Waals surface area contributed by atoms with E-state index in [1.807, 2.05) is 25.2 Å². The van der Waals surface area contributed by atoms with Crippen LogP contribution in [0.2, 0.25) is 0 Å². The molecule has 0 unspecified atom stereocenters. The van der Waals surface area contributed by atoms with Crippen molar-refractivity contribution in [3.05, 3.63) is 142 Å². The SMILES string of the molecule is CC(=O)C=CC(C)=CC=CC(C)=CC=CC(C)=CC=CC=C(C)C=CC=C(C)C=CC1=C(C)CCCC1(C)C. The lowest BCUT2D eigenvalue weighted by Gasteiger charge is -2.32. The number of hydrogen-bond donors (Lipinski definition) is 0. The fraction of sp³-hybridized carbons (Fsp3) is 0.342. The van der Waals surface area contributed by atoms with Crippen LogP contribution in [-0.4, -0.2) is 5.78 Å². The molecule has 208 valence electrons. The van der Waals surface area contributed by atoms with Gasteiger partial charge in [-0.05, 0) is 84.8 Å². The second-order valence-electron chi connectivity index (χ2n) is 11.2. The van der Waals surface area contributed by atoms with Gasteiger partial charge in [0.05, 0.1) is 0 Å². The molecule has 0 bridgehead atoms. The average molecular weight is 523 g/mol. The van der Waals surface area contributed by atoms with Crippen LogP contribution in [0.5, 0.6) is 0 Å². The highest BCUT2D eigenvalue weighted by atomic mass is 16.1. The van der Waals surface area contributed by atoms with Gasteiger partial charge in [-0.3, -0.25) is 4.79 Å². The second kappa shape index (κ2) is 17.9. The van der Waals surface area contributed by atoms with Gasteiger partial charge < -0.3 is 0 Å². The first-order chi connectivity index (χ1) is 18.4. The van der Waals surface area contributed by atoms with Gasteiger partial charge in [-0.1, -0.05) is 145 Å². The van der Waals surface area contributed by atoms with Crippen molar-refractivity contribution in [3.63, 3.8) is 0 Å². The number of hydrogen-bond acceptors (Lipinski definition) is 1. The summed E-state index contributed by atoms with van der Waals surface area (Å²) in [7, 11) is 0. The fourth-order valence-electron chi connectivity index (χ4n) is 4.22. The van der Waals surface area contributed by atoms with E-state index >= 15 is 0 Å². The van der Waals surface area contributed by atoms with Crippen LogP contribution in [0.4, 0.5) is 0 Å². The van der Waals surface area contributed by atoms with Gasteiger partial charge in [-0.25, -0.2) is 0 Å². The molecule has 0 N–H and O–H groups in total. The van der Waals surface area contributed by atoms with Crippen molar-refractivity contribution in [1.29, 1.82) is 0 Å². The number of carbonyl (C=O) groups is 1. The van der Waals surface area contributed by atoms with Crippen molar-refractivity contribution in [1.82, 2.24) is 0 Å².